The average molecular weight is 512 g/mol. The molecular formula is C27H33N3O3S2. The number of benzene rings is 2. The summed E-state index contributed by atoms with van der Waals surface area (Å²) in [6.07, 6.45) is 1.80. The SMILES string of the molecule is COc1ccc(CCN(C)CCNC(=O)N2CCSc3sc(Cc4ccccc4)cc32)cc1OC. The molecule has 0 radical (unpaired) electrons. The van der Waals surface area contributed by atoms with E-state index in [4.69, 9.17) is 9.47 Å². The van der Waals surface area contributed by atoms with E-state index < -0.39 is 0 Å². The molecule has 0 spiro atoms. The molecule has 2 heterocycles. The van der Waals surface area contributed by atoms with E-state index in [0.717, 1.165) is 55.4 Å². The van der Waals surface area contributed by atoms with E-state index in [1.807, 2.05) is 34.9 Å². The quantitative estimate of drug-likeness (QED) is 0.408. The maximum atomic E-state index is 13.0. The number of urea groups is 1. The van der Waals surface area contributed by atoms with Crippen molar-refractivity contribution >= 4 is 34.8 Å². The highest BCUT2D eigenvalue weighted by Crippen LogP contribution is 2.42. The number of hydrogen-bond donors (Lipinski definition) is 1. The number of thiophene rings is 1. The van der Waals surface area contributed by atoms with E-state index in [2.05, 4.69) is 53.7 Å². The van der Waals surface area contributed by atoms with Gasteiger partial charge in [-0.1, -0.05) is 36.4 Å². The second-order valence-corrected chi connectivity index (χ2v) is 11.0. The fraction of sp³-hybridized carbons (Fsp3) is 0.370. The van der Waals surface area contributed by atoms with E-state index in [0.29, 0.717) is 6.54 Å². The fourth-order valence-corrected chi connectivity index (χ4v) is 6.57. The van der Waals surface area contributed by atoms with Gasteiger partial charge < -0.3 is 19.7 Å². The molecule has 1 N–H and O–H groups in total. The number of carbonyl (C=O) groups excluding carboxylic acids is 1. The molecule has 0 unspecified atom stereocenters. The van der Waals surface area contributed by atoms with Crippen LogP contribution in [0.4, 0.5) is 10.5 Å². The lowest BCUT2D eigenvalue weighted by Crippen LogP contribution is -2.44. The first-order valence-electron chi connectivity index (χ1n) is 11.8. The van der Waals surface area contributed by atoms with Gasteiger partial charge in [-0.05, 0) is 42.8 Å². The minimum Gasteiger partial charge on any atom is -0.493 e. The Bertz CT molecular complexity index is 1120. The summed E-state index contributed by atoms with van der Waals surface area (Å²) in [6, 6.07) is 18.7. The normalized spacial score (nSPS) is 13.0. The van der Waals surface area contributed by atoms with E-state index in [1.54, 1.807) is 25.6 Å². The second kappa shape index (κ2) is 12.3. The summed E-state index contributed by atoms with van der Waals surface area (Å²) in [7, 11) is 5.38. The fourth-order valence-electron chi connectivity index (χ4n) is 4.07. The Labute approximate surface area is 216 Å². The molecule has 0 aliphatic carbocycles. The van der Waals surface area contributed by atoms with Gasteiger partial charge in [0, 0.05) is 43.2 Å². The number of rotatable bonds is 10. The molecule has 1 aliphatic rings. The lowest BCUT2D eigenvalue weighted by molar-refractivity contribution is 0.244. The van der Waals surface area contributed by atoms with Crippen LogP contribution in [0.2, 0.25) is 0 Å². The highest BCUT2D eigenvalue weighted by Gasteiger charge is 2.25. The molecule has 2 aromatic carbocycles. The standard InChI is InChI=1S/C27H33N3O3S2/c1-29(13-11-21-9-10-24(32-2)25(18-21)33-3)14-12-28-27(31)30-15-16-34-26-23(30)19-22(35-26)17-20-7-5-4-6-8-20/h4-10,18-19H,11-17H2,1-3H3,(H,28,31). The molecule has 4 rings (SSSR count). The van der Waals surface area contributed by atoms with Crippen LogP contribution in [0.1, 0.15) is 16.0 Å². The second-order valence-electron chi connectivity index (χ2n) is 8.52. The van der Waals surface area contributed by atoms with Crippen LogP contribution < -0.4 is 19.7 Å². The van der Waals surface area contributed by atoms with Crippen LogP contribution in [0.5, 0.6) is 11.5 Å². The molecule has 8 heteroatoms. The Morgan fingerprint density at radius 3 is 2.60 bits per heavy atom. The van der Waals surface area contributed by atoms with Crippen molar-refractivity contribution in [3.05, 3.63) is 70.6 Å². The van der Waals surface area contributed by atoms with E-state index in [-0.39, 0.29) is 6.03 Å². The number of thioether (sulfide) groups is 1. The highest BCUT2D eigenvalue weighted by molar-refractivity contribution is 8.01. The predicted molar refractivity (Wildman–Crippen MR) is 146 cm³/mol. The maximum Gasteiger partial charge on any atom is 0.322 e. The molecule has 2 amide bonds. The van der Waals surface area contributed by atoms with Gasteiger partial charge in [-0.15, -0.1) is 23.1 Å². The lowest BCUT2D eigenvalue weighted by Gasteiger charge is -2.27. The molecule has 6 nitrogen and oxygen atoms in total. The number of amides is 2. The largest absolute Gasteiger partial charge is 0.493 e. The minimum atomic E-state index is -0.0103. The number of likely N-dealkylation sites (N-methyl/N-ethyl adjacent to an activating group) is 1. The Morgan fingerprint density at radius 2 is 1.83 bits per heavy atom. The van der Waals surface area contributed by atoms with Crippen molar-refractivity contribution in [2.45, 2.75) is 17.1 Å². The van der Waals surface area contributed by atoms with E-state index >= 15 is 0 Å². The maximum absolute atomic E-state index is 13.0. The topological polar surface area (TPSA) is 54.0 Å². The number of fused-ring (bicyclic) bond motifs is 1. The minimum absolute atomic E-state index is 0.0103. The van der Waals surface area contributed by atoms with Gasteiger partial charge in [-0.25, -0.2) is 4.79 Å². The molecule has 0 bridgehead atoms. The molecule has 1 aliphatic heterocycles. The first-order chi connectivity index (χ1) is 17.1. The van der Waals surface area contributed by atoms with Gasteiger partial charge in [-0.3, -0.25) is 4.90 Å². The number of nitrogens with zero attached hydrogens (tertiary/aromatic N) is 2. The van der Waals surface area contributed by atoms with Gasteiger partial charge in [0.25, 0.3) is 0 Å². The van der Waals surface area contributed by atoms with Gasteiger partial charge in [0.15, 0.2) is 11.5 Å². The number of carbonyl (C=O) groups is 1. The molecule has 0 saturated carbocycles. The van der Waals surface area contributed by atoms with Crippen molar-refractivity contribution in [2.24, 2.45) is 0 Å². The van der Waals surface area contributed by atoms with Crippen LogP contribution in [0.15, 0.2) is 58.8 Å². The van der Waals surface area contributed by atoms with Crippen molar-refractivity contribution in [1.29, 1.82) is 0 Å². The van der Waals surface area contributed by atoms with Crippen LogP contribution in [0, 0.1) is 0 Å². The summed E-state index contributed by atoms with van der Waals surface area (Å²) >= 11 is 3.66. The van der Waals surface area contributed by atoms with E-state index in [1.165, 1.54) is 20.2 Å². The van der Waals surface area contributed by atoms with Gasteiger partial charge in [0.2, 0.25) is 0 Å². The van der Waals surface area contributed by atoms with Gasteiger partial charge in [-0.2, -0.15) is 0 Å². The van der Waals surface area contributed by atoms with Crippen molar-refractivity contribution in [2.75, 3.05) is 58.1 Å². The highest BCUT2D eigenvalue weighted by atomic mass is 32.2. The van der Waals surface area contributed by atoms with Crippen molar-refractivity contribution in [1.82, 2.24) is 10.2 Å². The van der Waals surface area contributed by atoms with E-state index in [9.17, 15) is 4.79 Å². The third kappa shape index (κ3) is 6.72. The molecule has 0 fully saturated rings. The predicted octanol–water partition coefficient (Wildman–Crippen LogP) is 5.15. The number of nitrogens with one attached hydrogen (secondary N) is 1. The molecule has 1 aromatic heterocycles. The van der Waals surface area contributed by atoms with Crippen molar-refractivity contribution in [3.8, 4) is 11.5 Å². The first kappa shape index (κ1) is 25.4. The third-order valence-corrected chi connectivity index (χ3v) is 8.42. The zero-order valence-electron chi connectivity index (χ0n) is 20.6. The summed E-state index contributed by atoms with van der Waals surface area (Å²) in [5.74, 6) is 2.42. The molecule has 3 aromatic rings. The summed E-state index contributed by atoms with van der Waals surface area (Å²) in [5.41, 5.74) is 3.54. The molecule has 35 heavy (non-hydrogen) atoms. The van der Waals surface area contributed by atoms with Crippen molar-refractivity contribution in [3.63, 3.8) is 0 Å². The Balaban J connectivity index is 1.25. The van der Waals surface area contributed by atoms with Crippen LogP contribution >= 0.6 is 23.1 Å². The zero-order valence-corrected chi connectivity index (χ0v) is 22.2. The smallest absolute Gasteiger partial charge is 0.322 e. The first-order valence-corrected chi connectivity index (χ1v) is 13.6. The molecule has 186 valence electrons. The van der Waals surface area contributed by atoms with Crippen LogP contribution in [-0.4, -0.2) is 64.1 Å². The number of methoxy groups -OCH3 is 2. The monoisotopic (exact) mass is 511 g/mol. The zero-order chi connectivity index (χ0) is 24.6. The average Bonchev–Trinajstić information content (AvgIpc) is 3.30. The third-order valence-electron chi connectivity index (χ3n) is 6.04. The van der Waals surface area contributed by atoms with Crippen LogP contribution in [-0.2, 0) is 12.8 Å². The number of hydrogen-bond acceptors (Lipinski definition) is 6. The summed E-state index contributed by atoms with van der Waals surface area (Å²) in [6.45, 7) is 3.03. The molecule has 0 saturated heterocycles. The lowest BCUT2D eigenvalue weighted by atomic mass is 10.1. The molecule has 0 atom stereocenters. The number of ether oxygens (including phenoxy) is 2. The number of anilines is 1. The van der Waals surface area contributed by atoms with Crippen LogP contribution in [0.3, 0.4) is 0 Å². The Kier molecular flexibility index (Phi) is 8.95. The van der Waals surface area contributed by atoms with Gasteiger partial charge >= 0.3 is 6.03 Å². The Hall–Kier alpha value is -2.68. The van der Waals surface area contributed by atoms with Gasteiger partial charge in [0.1, 0.15) is 0 Å². The summed E-state index contributed by atoms with van der Waals surface area (Å²) in [5, 5.41) is 3.12. The van der Waals surface area contributed by atoms with Crippen LogP contribution in [0.25, 0.3) is 0 Å². The Morgan fingerprint density at radius 1 is 1.03 bits per heavy atom. The summed E-state index contributed by atoms with van der Waals surface area (Å²) < 4.78 is 11.9. The van der Waals surface area contributed by atoms with Gasteiger partial charge in [0.05, 0.1) is 24.1 Å². The van der Waals surface area contributed by atoms with Crippen molar-refractivity contribution < 1.29 is 14.3 Å². The summed E-state index contributed by atoms with van der Waals surface area (Å²) in [4.78, 5) is 18.4. The molecular weight excluding hydrogens is 478 g/mol.